The van der Waals surface area contributed by atoms with Gasteiger partial charge in [0.25, 0.3) is 0 Å². The SMILES string of the molecule is CC/C=C\C/C=C\C/C=C\C/C=C\C/C=C\CCCCCCCCCCCCCC(=O)OCC(COC(=O)CCCCCCCCC/C=C\C/C=C\C/C=C\CC)OC(=O)CCCCCCCC/C=C\C/C=C\C/C=C\CCCCCCC. The maximum atomic E-state index is 13.0. The molecule has 0 aliphatic heterocycles. The van der Waals surface area contributed by atoms with Crippen LogP contribution in [0.25, 0.3) is 0 Å². The first-order valence-corrected chi connectivity index (χ1v) is 34.7. The third-order valence-corrected chi connectivity index (χ3v) is 14.6. The summed E-state index contributed by atoms with van der Waals surface area (Å²) in [6, 6.07) is 0. The Morgan fingerprint density at radius 3 is 0.735 bits per heavy atom. The van der Waals surface area contributed by atoms with E-state index in [1.165, 1.54) is 135 Å². The summed E-state index contributed by atoms with van der Waals surface area (Å²) in [7, 11) is 0. The van der Waals surface area contributed by atoms with Gasteiger partial charge in [0.15, 0.2) is 6.10 Å². The van der Waals surface area contributed by atoms with Crippen LogP contribution in [0.5, 0.6) is 0 Å². The minimum absolute atomic E-state index is 0.0909. The van der Waals surface area contributed by atoms with Gasteiger partial charge in [-0.3, -0.25) is 14.4 Å². The van der Waals surface area contributed by atoms with E-state index in [1.807, 2.05) is 0 Å². The van der Waals surface area contributed by atoms with Gasteiger partial charge in [0.05, 0.1) is 0 Å². The van der Waals surface area contributed by atoms with Crippen molar-refractivity contribution in [2.24, 2.45) is 0 Å². The van der Waals surface area contributed by atoms with Gasteiger partial charge in [0.1, 0.15) is 13.2 Å². The molecule has 6 nitrogen and oxygen atoms in total. The van der Waals surface area contributed by atoms with Crippen molar-refractivity contribution in [3.8, 4) is 0 Å². The first kappa shape index (κ1) is 78.5. The fourth-order valence-electron chi connectivity index (χ4n) is 9.49. The van der Waals surface area contributed by atoms with Crippen molar-refractivity contribution in [3.63, 3.8) is 0 Å². The summed E-state index contributed by atoms with van der Waals surface area (Å²) in [5.41, 5.74) is 0. The van der Waals surface area contributed by atoms with Crippen LogP contribution < -0.4 is 0 Å². The Balaban J connectivity index is 4.40. The largest absolute Gasteiger partial charge is 0.462 e. The third kappa shape index (κ3) is 68.2. The average Bonchev–Trinajstić information content (AvgIpc) is 3.49. The first-order chi connectivity index (χ1) is 41.0. The Morgan fingerprint density at radius 2 is 0.470 bits per heavy atom. The Morgan fingerprint density at radius 1 is 0.253 bits per heavy atom. The molecule has 1 atom stereocenters. The van der Waals surface area contributed by atoms with E-state index >= 15 is 0 Å². The molecule has 0 aliphatic rings. The lowest BCUT2D eigenvalue weighted by atomic mass is 10.0. The number of hydrogen-bond acceptors (Lipinski definition) is 6. The van der Waals surface area contributed by atoms with E-state index in [1.54, 1.807) is 0 Å². The Labute approximate surface area is 513 Å². The molecule has 0 N–H and O–H groups in total. The smallest absolute Gasteiger partial charge is 0.306 e. The zero-order chi connectivity index (χ0) is 59.9. The average molecular weight is 1150 g/mol. The van der Waals surface area contributed by atoms with Crippen molar-refractivity contribution in [2.45, 2.75) is 322 Å². The second-order valence-corrected chi connectivity index (χ2v) is 22.7. The molecule has 83 heavy (non-hydrogen) atoms. The van der Waals surface area contributed by atoms with E-state index in [2.05, 4.69) is 154 Å². The van der Waals surface area contributed by atoms with Crippen molar-refractivity contribution < 1.29 is 28.6 Å². The number of unbranched alkanes of at least 4 members (excludes halogenated alkanes) is 29. The molecule has 0 spiro atoms. The summed E-state index contributed by atoms with van der Waals surface area (Å²) in [4.78, 5) is 38.5. The molecule has 0 saturated heterocycles. The highest BCUT2D eigenvalue weighted by Gasteiger charge is 2.19. The van der Waals surface area contributed by atoms with Crippen LogP contribution >= 0.6 is 0 Å². The van der Waals surface area contributed by atoms with Gasteiger partial charge in [-0.05, 0) is 135 Å². The number of hydrogen-bond donors (Lipinski definition) is 0. The maximum Gasteiger partial charge on any atom is 0.306 e. The van der Waals surface area contributed by atoms with Crippen LogP contribution in [0.3, 0.4) is 0 Å². The summed E-state index contributed by atoms with van der Waals surface area (Å²) >= 11 is 0. The number of carbonyl (C=O) groups excluding carboxylic acids is 3. The summed E-state index contributed by atoms with van der Waals surface area (Å²) in [6.07, 6.45) is 98.9. The summed E-state index contributed by atoms with van der Waals surface area (Å²) in [6.45, 7) is 6.41. The van der Waals surface area contributed by atoms with E-state index in [0.29, 0.717) is 19.3 Å². The van der Waals surface area contributed by atoms with Gasteiger partial charge in [-0.2, -0.15) is 0 Å². The first-order valence-electron chi connectivity index (χ1n) is 34.7. The van der Waals surface area contributed by atoms with Crippen LogP contribution in [0.1, 0.15) is 316 Å². The van der Waals surface area contributed by atoms with Gasteiger partial charge in [0.2, 0.25) is 0 Å². The minimum atomic E-state index is -0.797. The standard InChI is InChI=1S/C77H128O6/c1-4-7-10-13-16-19-22-25-28-31-33-35-36-37-38-39-40-42-43-46-49-52-55-58-61-64-67-70-76(79)82-73-74(72-81-75(78)69-66-63-60-57-54-51-48-45-30-27-24-21-18-15-12-9-6-3)83-77(80)71-68-65-62-59-56-53-50-47-44-41-34-32-29-26-23-20-17-14-11-8-5-2/h7,9-10,12,16,18-19,21,23,25-28,30,32-35,37-38,44,47,74H,4-6,8,11,13-15,17,20,22,24,29,31,36,39-43,45-46,48-73H2,1-3H3/b10-7-,12-9-,19-16-,21-18-,26-23-,28-25-,30-27-,34-32-,35-33-,38-37-,47-44-. The molecular formula is C77H128O6. The van der Waals surface area contributed by atoms with E-state index in [-0.39, 0.29) is 31.1 Å². The van der Waals surface area contributed by atoms with Crippen LogP contribution in [0.4, 0.5) is 0 Å². The van der Waals surface area contributed by atoms with Gasteiger partial charge < -0.3 is 14.2 Å². The fourth-order valence-corrected chi connectivity index (χ4v) is 9.49. The van der Waals surface area contributed by atoms with E-state index in [4.69, 9.17) is 14.2 Å². The van der Waals surface area contributed by atoms with E-state index in [9.17, 15) is 14.4 Å². The normalized spacial score (nSPS) is 13.0. The Kier molecular flexibility index (Phi) is 66.3. The molecule has 0 saturated carbocycles. The highest BCUT2D eigenvalue weighted by atomic mass is 16.6. The third-order valence-electron chi connectivity index (χ3n) is 14.6. The molecule has 0 amide bonds. The molecule has 0 aromatic carbocycles. The van der Waals surface area contributed by atoms with Gasteiger partial charge in [-0.1, -0.05) is 296 Å². The molecule has 472 valence electrons. The maximum absolute atomic E-state index is 13.0. The van der Waals surface area contributed by atoms with Crippen molar-refractivity contribution in [1.82, 2.24) is 0 Å². The lowest BCUT2D eigenvalue weighted by Crippen LogP contribution is -2.30. The lowest BCUT2D eigenvalue weighted by Gasteiger charge is -2.18. The summed E-state index contributed by atoms with van der Waals surface area (Å²) in [5.74, 6) is -0.908. The van der Waals surface area contributed by atoms with Crippen LogP contribution in [0, 0.1) is 0 Å². The number of allylic oxidation sites excluding steroid dienone is 22. The number of rotatable bonds is 62. The molecule has 1 unspecified atom stereocenters. The highest BCUT2D eigenvalue weighted by Crippen LogP contribution is 2.16. The second-order valence-electron chi connectivity index (χ2n) is 22.7. The van der Waals surface area contributed by atoms with Crippen molar-refractivity contribution in [1.29, 1.82) is 0 Å². The molecule has 0 aliphatic carbocycles. The molecule has 0 radical (unpaired) electrons. The van der Waals surface area contributed by atoms with Gasteiger partial charge in [0, 0.05) is 19.3 Å². The topological polar surface area (TPSA) is 78.9 Å². The molecular weight excluding hydrogens is 1020 g/mol. The monoisotopic (exact) mass is 1150 g/mol. The predicted molar refractivity (Wildman–Crippen MR) is 362 cm³/mol. The van der Waals surface area contributed by atoms with Crippen LogP contribution in [-0.2, 0) is 28.6 Å². The molecule has 0 aromatic rings. The van der Waals surface area contributed by atoms with Gasteiger partial charge >= 0.3 is 17.9 Å². The second kappa shape index (κ2) is 70.0. The number of ether oxygens (including phenoxy) is 3. The predicted octanol–water partition coefficient (Wildman–Crippen LogP) is 24.1. The zero-order valence-corrected chi connectivity index (χ0v) is 54.2. The lowest BCUT2D eigenvalue weighted by molar-refractivity contribution is -0.167. The minimum Gasteiger partial charge on any atom is -0.462 e. The van der Waals surface area contributed by atoms with Crippen molar-refractivity contribution in [3.05, 3.63) is 134 Å². The Bertz CT molecular complexity index is 1750. The van der Waals surface area contributed by atoms with Gasteiger partial charge in [-0.15, -0.1) is 0 Å². The fraction of sp³-hybridized carbons (Fsp3) is 0.675. The molecule has 6 heteroatoms. The van der Waals surface area contributed by atoms with E-state index in [0.717, 1.165) is 141 Å². The molecule has 0 bridgehead atoms. The van der Waals surface area contributed by atoms with Crippen molar-refractivity contribution >= 4 is 17.9 Å². The summed E-state index contributed by atoms with van der Waals surface area (Å²) in [5, 5.41) is 0. The molecule has 0 rings (SSSR count). The summed E-state index contributed by atoms with van der Waals surface area (Å²) < 4.78 is 17.0. The number of esters is 3. The highest BCUT2D eigenvalue weighted by molar-refractivity contribution is 5.71. The molecule has 0 fully saturated rings. The van der Waals surface area contributed by atoms with Gasteiger partial charge in [-0.25, -0.2) is 0 Å². The number of carbonyl (C=O) groups is 3. The quantitative estimate of drug-likeness (QED) is 0.0261. The molecule has 0 aromatic heterocycles. The van der Waals surface area contributed by atoms with Crippen LogP contribution in [-0.4, -0.2) is 37.2 Å². The zero-order valence-electron chi connectivity index (χ0n) is 54.2. The van der Waals surface area contributed by atoms with E-state index < -0.39 is 6.10 Å². The molecule has 0 heterocycles. The van der Waals surface area contributed by atoms with Crippen molar-refractivity contribution in [2.75, 3.05) is 13.2 Å². The van der Waals surface area contributed by atoms with Crippen LogP contribution in [0.15, 0.2) is 134 Å². The Hall–Kier alpha value is -4.45. The van der Waals surface area contributed by atoms with Crippen LogP contribution in [0.2, 0.25) is 0 Å².